The van der Waals surface area contributed by atoms with Gasteiger partial charge >= 0.3 is 11.9 Å². The van der Waals surface area contributed by atoms with Crippen LogP contribution in [0.15, 0.2) is 108 Å². The molecule has 46 heavy (non-hydrogen) atoms. The molecule has 0 N–H and O–H groups in total. The number of allylic oxidation sites excluding steroid dienone is 3. The molecule has 0 radical (unpaired) electrons. The molecule has 1 heterocycles. The highest BCUT2D eigenvalue weighted by molar-refractivity contribution is 5.93. The molecule has 0 saturated heterocycles. The zero-order valence-electron chi connectivity index (χ0n) is 28.6. The number of para-hydroxylation sites is 1. The van der Waals surface area contributed by atoms with Gasteiger partial charge in [-0.2, -0.15) is 0 Å². The average molecular weight is 630 g/mol. The van der Waals surface area contributed by atoms with Crippen molar-refractivity contribution in [3.05, 3.63) is 120 Å². The minimum atomic E-state index is -0.553. The summed E-state index contributed by atoms with van der Waals surface area (Å²) in [7, 11) is 4.01. The number of esters is 2. The van der Waals surface area contributed by atoms with Gasteiger partial charge in [0, 0.05) is 31.9 Å². The van der Waals surface area contributed by atoms with Gasteiger partial charge in [-0.1, -0.05) is 45.9 Å². The number of anilines is 1. The lowest BCUT2D eigenvalue weighted by Gasteiger charge is -2.15. The molecular formula is C38H49N2O6+. The third-order valence-corrected chi connectivity index (χ3v) is 6.99. The van der Waals surface area contributed by atoms with Crippen molar-refractivity contribution < 1.29 is 33.1 Å². The fraction of sp³-hybridized carbons (Fsp3) is 0.342. The highest BCUT2D eigenvalue weighted by atomic mass is 16.5. The van der Waals surface area contributed by atoms with Gasteiger partial charge in [0.15, 0.2) is 18.9 Å². The monoisotopic (exact) mass is 629 g/mol. The van der Waals surface area contributed by atoms with Gasteiger partial charge in [0.25, 0.3) is 0 Å². The molecule has 0 fully saturated rings. The Balaban J connectivity index is 0.00000361. The summed E-state index contributed by atoms with van der Waals surface area (Å²) in [6.45, 7) is 17.0. The molecular weight excluding hydrogens is 580 g/mol. The van der Waals surface area contributed by atoms with Crippen molar-refractivity contribution in [1.82, 2.24) is 0 Å². The van der Waals surface area contributed by atoms with E-state index in [1.807, 2.05) is 68.0 Å². The highest BCUT2D eigenvalue weighted by Crippen LogP contribution is 2.26. The van der Waals surface area contributed by atoms with Crippen molar-refractivity contribution >= 4 is 17.6 Å². The van der Waals surface area contributed by atoms with Crippen molar-refractivity contribution in [2.24, 2.45) is 0 Å². The van der Waals surface area contributed by atoms with E-state index in [-0.39, 0.29) is 5.76 Å². The Kier molecular flexibility index (Phi) is 15.8. The first-order valence-corrected chi connectivity index (χ1v) is 15.7. The van der Waals surface area contributed by atoms with E-state index < -0.39 is 11.9 Å². The van der Waals surface area contributed by atoms with Crippen LogP contribution in [0.5, 0.6) is 11.5 Å². The van der Waals surface area contributed by atoms with Gasteiger partial charge < -0.3 is 23.8 Å². The van der Waals surface area contributed by atoms with Crippen LogP contribution in [0, 0.1) is 0 Å². The average Bonchev–Trinajstić information content (AvgIpc) is 3.08. The van der Waals surface area contributed by atoms with Crippen LogP contribution in [0.2, 0.25) is 0 Å². The zero-order chi connectivity index (χ0) is 34.1. The Morgan fingerprint density at radius 2 is 1.50 bits per heavy atom. The van der Waals surface area contributed by atoms with Crippen LogP contribution >= 0.6 is 0 Å². The smallest absolute Gasteiger partial charge is 0.347 e. The SMILES string of the molecule is C=C(OC(=O)c1ccc(OCC[n+]2ccc(N(C)C)cc2)cc1)/C(C)=C(C)\C(=C/C)OC(=O)c1ccccc1OCCCC.CC. The Hall–Kier alpha value is -4.85. The largest absolute Gasteiger partial charge is 0.493 e. The molecule has 3 rings (SSSR count). The molecule has 0 aliphatic rings. The maximum absolute atomic E-state index is 13.0. The molecule has 0 saturated carbocycles. The number of ether oxygens (including phenoxy) is 4. The third kappa shape index (κ3) is 11.3. The third-order valence-electron chi connectivity index (χ3n) is 6.99. The Morgan fingerprint density at radius 3 is 2.11 bits per heavy atom. The minimum Gasteiger partial charge on any atom is -0.493 e. The number of hydrogen-bond donors (Lipinski definition) is 0. The summed E-state index contributed by atoms with van der Waals surface area (Å²) in [5, 5.41) is 0. The Morgan fingerprint density at radius 1 is 0.848 bits per heavy atom. The number of carbonyl (C=O) groups excluding carboxylic acids is 2. The van der Waals surface area contributed by atoms with Crippen LogP contribution in [0.3, 0.4) is 0 Å². The van der Waals surface area contributed by atoms with Gasteiger partial charge in [-0.25, -0.2) is 14.2 Å². The molecule has 3 aromatic rings. The summed E-state index contributed by atoms with van der Waals surface area (Å²) in [6.07, 6.45) is 7.57. The van der Waals surface area contributed by atoms with Crippen LogP contribution in [-0.2, 0) is 16.0 Å². The molecule has 0 spiro atoms. The molecule has 1 aromatic heterocycles. The second kappa shape index (κ2) is 19.5. The molecule has 0 aliphatic heterocycles. The van der Waals surface area contributed by atoms with E-state index >= 15 is 0 Å². The number of nitrogens with zero attached hydrogens (tertiary/aromatic N) is 2. The Bertz CT molecular complexity index is 1490. The molecule has 8 heteroatoms. The van der Waals surface area contributed by atoms with Crippen LogP contribution in [-0.4, -0.2) is 39.2 Å². The van der Waals surface area contributed by atoms with E-state index in [2.05, 4.69) is 13.5 Å². The Labute approximate surface area is 274 Å². The standard InChI is InChI=1S/C36H43N2O6.C2H6/c1-8-10-24-42-34-14-12-11-13-32(34)36(40)44-33(9-2)27(4)26(3)28(5)43-35(39)29-15-17-31(18-16-29)41-25-23-38-21-19-30(20-22-38)37(6)7;1-2/h9,11-22H,5,8,10,23-25H2,1-4,6-7H3;1-2H3/q+1;/b27-26-,33-9+;. The number of rotatable bonds is 15. The molecule has 0 unspecified atom stereocenters. The molecule has 2 aromatic carbocycles. The van der Waals surface area contributed by atoms with Crippen LogP contribution < -0.4 is 18.9 Å². The number of hydrogen-bond acceptors (Lipinski definition) is 7. The van der Waals surface area contributed by atoms with Gasteiger partial charge in [-0.3, -0.25) is 0 Å². The van der Waals surface area contributed by atoms with E-state index in [1.165, 1.54) is 0 Å². The first-order valence-electron chi connectivity index (χ1n) is 15.7. The second-order valence-corrected chi connectivity index (χ2v) is 10.4. The van der Waals surface area contributed by atoms with E-state index in [9.17, 15) is 9.59 Å². The molecule has 8 nitrogen and oxygen atoms in total. The minimum absolute atomic E-state index is 0.156. The zero-order valence-corrected chi connectivity index (χ0v) is 28.6. The van der Waals surface area contributed by atoms with E-state index in [4.69, 9.17) is 18.9 Å². The first kappa shape index (κ1) is 37.3. The second-order valence-electron chi connectivity index (χ2n) is 10.4. The summed E-state index contributed by atoms with van der Waals surface area (Å²) in [4.78, 5) is 27.9. The molecule has 0 bridgehead atoms. The fourth-order valence-corrected chi connectivity index (χ4v) is 4.09. The summed E-state index contributed by atoms with van der Waals surface area (Å²) >= 11 is 0. The maximum Gasteiger partial charge on any atom is 0.347 e. The van der Waals surface area contributed by atoms with Crippen molar-refractivity contribution in [3.63, 3.8) is 0 Å². The number of carbonyl (C=O) groups is 2. The number of pyridine rings is 1. The molecule has 0 aliphatic carbocycles. The van der Waals surface area contributed by atoms with E-state index in [0.29, 0.717) is 59.3 Å². The molecule has 246 valence electrons. The van der Waals surface area contributed by atoms with Crippen molar-refractivity contribution in [1.29, 1.82) is 0 Å². The van der Waals surface area contributed by atoms with Gasteiger partial charge in [0.05, 0.1) is 12.2 Å². The highest BCUT2D eigenvalue weighted by Gasteiger charge is 2.19. The van der Waals surface area contributed by atoms with Crippen molar-refractivity contribution in [3.8, 4) is 11.5 Å². The molecule has 0 amide bonds. The summed E-state index contributed by atoms with van der Waals surface area (Å²) in [5.74, 6) is 0.522. The number of benzene rings is 2. The van der Waals surface area contributed by atoms with Crippen molar-refractivity contribution in [2.45, 2.75) is 60.9 Å². The van der Waals surface area contributed by atoms with E-state index in [0.717, 1.165) is 18.5 Å². The van der Waals surface area contributed by atoms with Crippen LogP contribution in [0.25, 0.3) is 0 Å². The predicted molar refractivity (Wildman–Crippen MR) is 183 cm³/mol. The van der Waals surface area contributed by atoms with Crippen LogP contribution in [0.4, 0.5) is 5.69 Å². The van der Waals surface area contributed by atoms with Crippen molar-refractivity contribution in [2.75, 3.05) is 32.2 Å². The fourth-order valence-electron chi connectivity index (χ4n) is 4.09. The van der Waals surface area contributed by atoms with Gasteiger partial charge in [0.1, 0.15) is 35.2 Å². The van der Waals surface area contributed by atoms with Gasteiger partial charge in [-0.15, -0.1) is 0 Å². The topological polar surface area (TPSA) is 78.2 Å². The number of unbranched alkanes of at least 4 members (excludes halogenated alkanes) is 1. The first-order chi connectivity index (χ1) is 22.1. The summed E-state index contributed by atoms with van der Waals surface area (Å²) in [6, 6.07) is 17.8. The normalized spacial score (nSPS) is 11.3. The van der Waals surface area contributed by atoms with Gasteiger partial charge in [-0.05, 0) is 80.8 Å². The van der Waals surface area contributed by atoms with E-state index in [1.54, 1.807) is 69.3 Å². The lowest BCUT2D eigenvalue weighted by atomic mass is 10.1. The van der Waals surface area contributed by atoms with Crippen LogP contribution in [0.1, 0.15) is 75.1 Å². The summed E-state index contributed by atoms with van der Waals surface area (Å²) < 4.78 is 25.0. The summed E-state index contributed by atoms with van der Waals surface area (Å²) in [5.41, 5.74) is 3.01. The van der Waals surface area contributed by atoms with Gasteiger partial charge in [0.2, 0.25) is 0 Å². The maximum atomic E-state index is 13.0. The molecule has 0 atom stereocenters. The predicted octanol–water partition coefficient (Wildman–Crippen LogP) is 8.09. The quantitative estimate of drug-likeness (QED) is 0.0553. The lowest BCUT2D eigenvalue weighted by Crippen LogP contribution is -2.35. The number of aromatic nitrogens is 1. The lowest BCUT2D eigenvalue weighted by molar-refractivity contribution is -0.697.